The molecule has 1 amide bonds. The van der Waals surface area contributed by atoms with Gasteiger partial charge >= 0.3 is 5.97 Å². The van der Waals surface area contributed by atoms with Gasteiger partial charge in [0.2, 0.25) is 11.6 Å². The number of hydrogen-bond donors (Lipinski definition) is 1. The first kappa shape index (κ1) is 15.2. The summed E-state index contributed by atoms with van der Waals surface area (Å²) in [4.78, 5) is 23.7. The molecule has 0 bridgehead atoms. The average molecular weight is 307 g/mol. The van der Waals surface area contributed by atoms with Gasteiger partial charge in [-0.1, -0.05) is 12.8 Å². The molecule has 1 heterocycles. The van der Waals surface area contributed by atoms with Gasteiger partial charge in [0, 0.05) is 13.0 Å². The number of carbonyl (C=O) groups is 2. The molecule has 1 saturated carbocycles. The van der Waals surface area contributed by atoms with Gasteiger partial charge in [-0.2, -0.15) is 0 Å². The largest absolute Gasteiger partial charge is 0.479 e. The van der Waals surface area contributed by atoms with E-state index in [1.54, 1.807) is 0 Å². The van der Waals surface area contributed by atoms with Crippen molar-refractivity contribution in [3.05, 3.63) is 0 Å². The molecule has 1 aliphatic heterocycles. The van der Waals surface area contributed by atoms with Crippen molar-refractivity contribution in [3.63, 3.8) is 0 Å². The highest BCUT2D eigenvalue weighted by molar-refractivity contribution is 7.92. The van der Waals surface area contributed by atoms with E-state index in [0.717, 1.165) is 17.7 Å². The van der Waals surface area contributed by atoms with Crippen molar-refractivity contribution in [2.24, 2.45) is 0 Å². The third-order valence-corrected chi connectivity index (χ3v) is 6.23. The van der Waals surface area contributed by atoms with Crippen LogP contribution in [0.5, 0.6) is 0 Å². The quantitative estimate of drug-likeness (QED) is 0.810. The topological polar surface area (TPSA) is 91.8 Å². The molecule has 0 aromatic carbocycles. The van der Waals surface area contributed by atoms with E-state index < -0.39 is 44.9 Å². The predicted molar refractivity (Wildman–Crippen MR) is 68.7 cm³/mol. The van der Waals surface area contributed by atoms with Crippen LogP contribution in [0.15, 0.2) is 0 Å². The Hall–Kier alpha value is -1.18. The summed E-state index contributed by atoms with van der Waals surface area (Å²) in [6.07, 6.45) is 2.52. The molecule has 2 aliphatic rings. The number of halogens is 1. The van der Waals surface area contributed by atoms with Crippen LogP contribution in [0.3, 0.4) is 0 Å². The van der Waals surface area contributed by atoms with Crippen molar-refractivity contribution in [1.29, 1.82) is 0 Å². The van der Waals surface area contributed by atoms with Crippen LogP contribution in [0, 0.1) is 0 Å². The minimum atomic E-state index is -3.52. The minimum Gasteiger partial charge on any atom is -0.479 e. The molecular weight excluding hydrogens is 289 g/mol. The van der Waals surface area contributed by atoms with Crippen LogP contribution in [-0.2, 0) is 19.4 Å². The lowest BCUT2D eigenvalue weighted by molar-refractivity contribution is -0.150. The maximum absolute atomic E-state index is 13.8. The van der Waals surface area contributed by atoms with E-state index in [4.69, 9.17) is 5.11 Å². The first-order chi connectivity index (χ1) is 9.24. The smallest absolute Gasteiger partial charge is 0.343 e. The third kappa shape index (κ3) is 2.94. The van der Waals surface area contributed by atoms with E-state index in [0.29, 0.717) is 12.8 Å². The SMILES string of the molecule is O=C(CS(=O)(=O)C1CCCC1)N1CCC(F)(C(=O)O)C1. The Morgan fingerprint density at radius 2 is 1.90 bits per heavy atom. The maximum Gasteiger partial charge on any atom is 0.343 e. The van der Waals surface area contributed by atoms with E-state index in [-0.39, 0.29) is 13.0 Å². The number of nitrogens with zero attached hydrogens (tertiary/aromatic N) is 1. The highest BCUT2D eigenvalue weighted by atomic mass is 32.2. The number of carboxylic acid groups (broad SMARTS) is 1. The molecule has 0 radical (unpaired) electrons. The molecule has 1 aliphatic carbocycles. The summed E-state index contributed by atoms with van der Waals surface area (Å²) in [5, 5.41) is 8.26. The molecule has 0 aromatic heterocycles. The molecule has 114 valence electrons. The summed E-state index contributed by atoms with van der Waals surface area (Å²) in [5.74, 6) is -2.95. The number of carbonyl (C=O) groups excluding carboxylic acids is 1. The molecule has 2 rings (SSSR count). The number of rotatable bonds is 4. The average Bonchev–Trinajstić information content (AvgIpc) is 2.97. The van der Waals surface area contributed by atoms with Gasteiger partial charge in [-0.05, 0) is 12.8 Å². The fourth-order valence-corrected chi connectivity index (χ4v) is 4.60. The van der Waals surface area contributed by atoms with Crippen LogP contribution in [-0.4, -0.2) is 60.1 Å². The van der Waals surface area contributed by atoms with E-state index in [9.17, 15) is 22.4 Å². The van der Waals surface area contributed by atoms with E-state index >= 15 is 0 Å². The first-order valence-corrected chi connectivity index (χ1v) is 8.38. The number of amides is 1. The van der Waals surface area contributed by atoms with Crippen molar-refractivity contribution < 1.29 is 27.5 Å². The molecule has 6 nitrogen and oxygen atoms in total. The van der Waals surface area contributed by atoms with Crippen molar-refractivity contribution in [2.45, 2.75) is 43.0 Å². The van der Waals surface area contributed by atoms with Crippen LogP contribution in [0.4, 0.5) is 4.39 Å². The highest BCUT2D eigenvalue weighted by Crippen LogP contribution is 2.28. The molecular formula is C12H18FNO5S. The lowest BCUT2D eigenvalue weighted by Gasteiger charge is -2.19. The van der Waals surface area contributed by atoms with Crippen molar-refractivity contribution in [3.8, 4) is 0 Å². The fraction of sp³-hybridized carbons (Fsp3) is 0.833. The molecule has 1 atom stereocenters. The van der Waals surface area contributed by atoms with Gasteiger partial charge in [0.05, 0.1) is 11.8 Å². The summed E-state index contributed by atoms with van der Waals surface area (Å²) in [7, 11) is -3.52. The number of likely N-dealkylation sites (tertiary alicyclic amines) is 1. The lowest BCUT2D eigenvalue weighted by Crippen LogP contribution is -2.41. The predicted octanol–water partition coefficient (Wildman–Crippen LogP) is 0.369. The zero-order valence-corrected chi connectivity index (χ0v) is 11.9. The number of carboxylic acids is 1. The van der Waals surface area contributed by atoms with Crippen molar-refractivity contribution in [1.82, 2.24) is 4.90 Å². The summed E-state index contributed by atoms with van der Waals surface area (Å²) < 4.78 is 37.9. The van der Waals surface area contributed by atoms with Crippen LogP contribution in [0.25, 0.3) is 0 Å². The third-order valence-electron chi connectivity index (χ3n) is 4.09. The zero-order chi connectivity index (χ0) is 15.0. The lowest BCUT2D eigenvalue weighted by atomic mass is 10.1. The molecule has 1 unspecified atom stereocenters. The van der Waals surface area contributed by atoms with Gasteiger partial charge < -0.3 is 10.0 Å². The summed E-state index contributed by atoms with van der Waals surface area (Å²) in [5.41, 5.74) is -2.45. The second-order valence-corrected chi connectivity index (χ2v) is 7.83. The van der Waals surface area contributed by atoms with E-state index in [1.807, 2.05) is 0 Å². The van der Waals surface area contributed by atoms with Crippen LogP contribution in [0.1, 0.15) is 32.1 Å². The Labute approximate surface area is 116 Å². The molecule has 1 saturated heterocycles. The highest BCUT2D eigenvalue weighted by Gasteiger charge is 2.47. The van der Waals surface area contributed by atoms with E-state index in [2.05, 4.69) is 0 Å². The number of alkyl halides is 1. The van der Waals surface area contributed by atoms with Gasteiger partial charge in [0.1, 0.15) is 5.75 Å². The number of hydrogen-bond acceptors (Lipinski definition) is 4. The number of aliphatic carboxylic acids is 1. The molecule has 8 heteroatoms. The molecule has 0 aromatic rings. The maximum atomic E-state index is 13.8. The summed E-state index contributed by atoms with van der Waals surface area (Å²) in [6.45, 7) is -0.622. The van der Waals surface area contributed by atoms with Gasteiger partial charge in [-0.25, -0.2) is 17.6 Å². The zero-order valence-electron chi connectivity index (χ0n) is 11.0. The Morgan fingerprint density at radius 1 is 1.30 bits per heavy atom. The van der Waals surface area contributed by atoms with Gasteiger partial charge in [-0.15, -0.1) is 0 Å². The molecule has 20 heavy (non-hydrogen) atoms. The van der Waals surface area contributed by atoms with Crippen LogP contribution >= 0.6 is 0 Å². The van der Waals surface area contributed by atoms with Gasteiger partial charge in [0.15, 0.2) is 9.84 Å². The van der Waals surface area contributed by atoms with E-state index in [1.165, 1.54) is 0 Å². The number of sulfone groups is 1. The van der Waals surface area contributed by atoms with Crippen LogP contribution < -0.4 is 0 Å². The fourth-order valence-electron chi connectivity index (χ4n) is 2.79. The summed E-state index contributed by atoms with van der Waals surface area (Å²) in [6, 6.07) is 0. The second kappa shape index (κ2) is 5.31. The molecule has 0 spiro atoms. The van der Waals surface area contributed by atoms with Gasteiger partial charge in [0.25, 0.3) is 0 Å². The Bertz CT molecular complexity index is 514. The monoisotopic (exact) mass is 307 g/mol. The standard InChI is InChI=1S/C12H18FNO5S/c13-12(11(16)17)5-6-14(8-12)10(15)7-20(18,19)9-3-1-2-4-9/h9H,1-8H2,(H,16,17). The van der Waals surface area contributed by atoms with Crippen LogP contribution in [0.2, 0.25) is 0 Å². The van der Waals surface area contributed by atoms with Crippen molar-refractivity contribution in [2.75, 3.05) is 18.8 Å². The Balaban J connectivity index is 1.98. The molecule has 2 fully saturated rings. The van der Waals surface area contributed by atoms with Gasteiger partial charge in [-0.3, -0.25) is 4.79 Å². The Morgan fingerprint density at radius 3 is 2.40 bits per heavy atom. The van der Waals surface area contributed by atoms with Crippen molar-refractivity contribution >= 4 is 21.7 Å². The Kier molecular flexibility index (Phi) is 4.04. The normalized spacial score (nSPS) is 27.9. The minimum absolute atomic E-state index is 0.0537. The summed E-state index contributed by atoms with van der Waals surface area (Å²) >= 11 is 0. The molecule has 1 N–H and O–H groups in total. The first-order valence-electron chi connectivity index (χ1n) is 6.66. The second-order valence-electron chi connectivity index (χ2n) is 5.55.